The molecule has 50 valence electrons. The average molecular weight is 131 g/mol. The molecular weight excluding hydrogens is 125 g/mol. The highest BCUT2D eigenvalue weighted by atomic mass is 19.1. The molecule has 0 aromatic heterocycles. The first-order chi connectivity index (χ1) is 4.20. The number of nitrogens with one attached hydrogen (secondary N) is 3. The van der Waals surface area contributed by atoms with Gasteiger partial charge in [0.15, 0.2) is 6.17 Å². The van der Waals surface area contributed by atoms with Gasteiger partial charge in [0.1, 0.15) is 5.84 Å². The molecule has 1 aliphatic rings. The number of alkyl halides is 1. The van der Waals surface area contributed by atoms with E-state index in [0.29, 0.717) is 0 Å². The van der Waals surface area contributed by atoms with Crippen LogP contribution in [0, 0.1) is 5.41 Å². The number of urea groups is 1. The lowest BCUT2D eigenvalue weighted by molar-refractivity contribution is 0.237. The maximum atomic E-state index is 12.2. The van der Waals surface area contributed by atoms with Crippen LogP contribution in [0.4, 0.5) is 9.18 Å². The number of rotatable bonds is 0. The molecule has 1 fully saturated rings. The van der Waals surface area contributed by atoms with Crippen LogP contribution in [0.1, 0.15) is 0 Å². The molecule has 1 heterocycles. The van der Waals surface area contributed by atoms with Gasteiger partial charge in [-0.2, -0.15) is 0 Å². The van der Waals surface area contributed by atoms with Gasteiger partial charge in [0.05, 0.1) is 6.54 Å². The van der Waals surface area contributed by atoms with E-state index in [9.17, 15) is 9.18 Å². The van der Waals surface area contributed by atoms with E-state index in [0.717, 1.165) is 0 Å². The largest absolute Gasteiger partial charge is 0.334 e. The number of carbonyl (C=O) groups is 1. The van der Waals surface area contributed by atoms with Crippen LogP contribution in [0.5, 0.6) is 0 Å². The maximum absolute atomic E-state index is 12.2. The highest BCUT2D eigenvalue weighted by Gasteiger charge is 2.21. The van der Waals surface area contributed by atoms with Gasteiger partial charge in [-0.25, -0.2) is 9.18 Å². The topological polar surface area (TPSA) is 65.0 Å². The number of amides is 2. The van der Waals surface area contributed by atoms with E-state index in [2.05, 4.69) is 5.32 Å². The Bertz CT molecular complexity index is 158. The van der Waals surface area contributed by atoms with Gasteiger partial charge in [-0.3, -0.25) is 10.7 Å². The molecule has 0 spiro atoms. The number of hydrogen-bond donors (Lipinski definition) is 3. The second-order valence-electron chi connectivity index (χ2n) is 1.72. The molecule has 1 rings (SSSR count). The summed E-state index contributed by atoms with van der Waals surface area (Å²) in [7, 11) is 0. The van der Waals surface area contributed by atoms with E-state index in [1.54, 1.807) is 0 Å². The predicted molar refractivity (Wildman–Crippen MR) is 29.2 cm³/mol. The van der Waals surface area contributed by atoms with E-state index in [1.807, 2.05) is 5.32 Å². The zero-order valence-corrected chi connectivity index (χ0v) is 4.57. The fraction of sp³-hybridized carbons (Fsp3) is 0.500. The van der Waals surface area contributed by atoms with E-state index >= 15 is 0 Å². The molecule has 1 unspecified atom stereocenters. The van der Waals surface area contributed by atoms with Gasteiger partial charge >= 0.3 is 6.03 Å². The van der Waals surface area contributed by atoms with Crippen molar-refractivity contribution in [2.75, 3.05) is 6.54 Å². The molecule has 1 saturated heterocycles. The summed E-state index contributed by atoms with van der Waals surface area (Å²) in [6, 6.07) is -0.506. The Morgan fingerprint density at radius 3 is 2.89 bits per heavy atom. The molecule has 9 heavy (non-hydrogen) atoms. The van der Waals surface area contributed by atoms with E-state index in [-0.39, 0.29) is 12.4 Å². The highest BCUT2D eigenvalue weighted by Crippen LogP contribution is 1.92. The van der Waals surface area contributed by atoms with Crippen molar-refractivity contribution in [2.24, 2.45) is 0 Å². The second kappa shape index (κ2) is 2.00. The third-order valence-electron chi connectivity index (χ3n) is 1.00. The highest BCUT2D eigenvalue weighted by molar-refractivity contribution is 6.00. The molecular formula is C4H6FN3O. The lowest BCUT2D eigenvalue weighted by Crippen LogP contribution is -2.52. The molecule has 4 nitrogen and oxygen atoms in total. The van der Waals surface area contributed by atoms with Crippen LogP contribution in [0.15, 0.2) is 0 Å². The van der Waals surface area contributed by atoms with Crippen molar-refractivity contribution in [2.45, 2.75) is 6.17 Å². The van der Waals surface area contributed by atoms with Gasteiger partial charge in [-0.05, 0) is 0 Å². The van der Waals surface area contributed by atoms with Gasteiger partial charge in [0.25, 0.3) is 0 Å². The van der Waals surface area contributed by atoms with Crippen LogP contribution >= 0.6 is 0 Å². The van der Waals surface area contributed by atoms with Gasteiger partial charge in [0.2, 0.25) is 0 Å². The third-order valence-corrected chi connectivity index (χ3v) is 1.00. The number of hydrogen-bond acceptors (Lipinski definition) is 2. The molecule has 5 heteroatoms. The molecule has 0 aromatic rings. The van der Waals surface area contributed by atoms with Gasteiger partial charge in [-0.15, -0.1) is 0 Å². The molecule has 2 amide bonds. The summed E-state index contributed by atoms with van der Waals surface area (Å²) in [5.74, 6) is -0.362. The molecule has 1 aliphatic heterocycles. The molecule has 1 atom stereocenters. The minimum Gasteiger partial charge on any atom is -0.334 e. The zero-order valence-electron chi connectivity index (χ0n) is 4.57. The summed E-state index contributed by atoms with van der Waals surface area (Å²) >= 11 is 0. The zero-order chi connectivity index (χ0) is 6.85. The van der Waals surface area contributed by atoms with E-state index in [1.165, 1.54) is 0 Å². The summed E-state index contributed by atoms with van der Waals surface area (Å²) in [6.45, 7) is -0.0926. The average Bonchev–Trinajstić information content (AvgIpc) is 1.80. The van der Waals surface area contributed by atoms with Crippen LogP contribution in [0.25, 0.3) is 0 Å². The Labute approximate surface area is 50.9 Å². The first-order valence-corrected chi connectivity index (χ1v) is 2.47. The van der Waals surface area contributed by atoms with Crippen molar-refractivity contribution in [3.05, 3.63) is 0 Å². The minimum atomic E-state index is -1.37. The van der Waals surface area contributed by atoms with Crippen molar-refractivity contribution < 1.29 is 9.18 Å². The van der Waals surface area contributed by atoms with Crippen molar-refractivity contribution >= 4 is 11.9 Å². The maximum Gasteiger partial charge on any atom is 0.320 e. The lowest BCUT2D eigenvalue weighted by Gasteiger charge is -2.17. The Morgan fingerprint density at radius 2 is 2.44 bits per heavy atom. The third kappa shape index (κ3) is 1.16. The Hall–Kier alpha value is -1.13. The summed E-state index contributed by atoms with van der Waals surface area (Å²) < 4.78 is 12.2. The van der Waals surface area contributed by atoms with Crippen LogP contribution in [-0.4, -0.2) is 24.6 Å². The molecule has 0 saturated carbocycles. The van der Waals surface area contributed by atoms with Gasteiger partial charge in [0, 0.05) is 0 Å². The minimum absolute atomic E-state index is 0.0926. The fourth-order valence-corrected chi connectivity index (χ4v) is 0.529. The molecule has 0 aliphatic carbocycles. The van der Waals surface area contributed by atoms with Crippen molar-refractivity contribution in [1.82, 2.24) is 10.6 Å². The van der Waals surface area contributed by atoms with E-state index < -0.39 is 12.2 Å². The first kappa shape index (κ1) is 6.00. The number of amidine groups is 1. The van der Waals surface area contributed by atoms with Crippen molar-refractivity contribution in [3.8, 4) is 0 Å². The molecule has 0 radical (unpaired) electrons. The molecule has 0 bridgehead atoms. The van der Waals surface area contributed by atoms with Gasteiger partial charge < -0.3 is 5.32 Å². The number of carbonyl (C=O) groups excluding carboxylic acids is 1. The summed E-state index contributed by atoms with van der Waals surface area (Å²) in [6.07, 6.45) is -1.37. The predicted octanol–water partition coefficient (Wildman–Crippen LogP) is -0.385. The Morgan fingerprint density at radius 1 is 1.78 bits per heavy atom. The summed E-state index contributed by atoms with van der Waals surface area (Å²) in [5, 5.41) is 11.0. The van der Waals surface area contributed by atoms with Crippen LogP contribution < -0.4 is 10.6 Å². The monoisotopic (exact) mass is 131 g/mol. The van der Waals surface area contributed by atoms with Crippen LogP contribution in [0.2, 0.25) is 0 Å². The molecule has 0 aromatic carbocycles. The quantitative estimate of drug-likeness (QED) is 0.412. The summed E-state index contributed by atoms with van der Waals surface area (Å²) in [4.78, 5) is 10.3. The standard InChI is InChI=1S/C4H6FN3O/c5-2-1-7-4(9)8-3(2)6/h2H,1H2,(H3,6,7,8,9). The lowest BCUT2D eigenvalue weighted by atomic mass is 10.3. The summed E-state index contributed by atoms with van der Waals surface area (Å²) in [5.41, 5.74) is 0. The normalized spacial score (nSPS) is 27.0. The fourth-order valence-electron chi connectivity index (χ4n) is 0.529. The van der Waals surface area contributed by atoms with Crippen LogP contribution in [0.3, 0.4) is 0 Å². The van der Waals surface area contributed by atoms with Crippen molar-refractivity contribution in [3.63, 3.8) is 0 Å². The number of halogens is 1. The van der Waals surface area contributed by atoms with Gasteiger partial charge in [-0.1, -0.05) is 0 Å². The molecule has 3 N–H and O–H groups in total. The first-order valence-electron chi connectivity index (χ1n) is 2.47. The smallest absolute Gasteiger partial charge is 0.320 e. The SMILES string of the molecule is N=C1NC(=O)NCC1F. The Balaban J connectivity index is 2.54. The van der Waals surface area contributed by atoms with E-state index in [4.69, 9.17) is 5.41 Å². The second-order valence-corrected chi connectivity index (χ2v) is 1.72. The van der Waals surface area contributed by atoms with Crippen LogP contribution in [-0.2, 0) is 0 Å². The Kier molecular flexibility index (Phi) is 1.33. The van der Waals surface area contributed by atoms with Crippen molar-refractivity contribution in [1.29, 1.82) is 5.41 Å².